The minimum Gasteiger partial charge on any atom is -0.496 e. The fourth-order valence-electron chi connectivity index (χ4n) is 3.37. The second kappa shape index (κ2) is 10.0. The summed E-state index contributed by atoms with van der Waals surface area (Å²) in [5.74, 6) is 1.72. The molecule has 5 heteroatoms. The van der Waals surface area contributed by atoms with Gasteiger partial charge in [-0.25, -0.2) is 0 Å². The van der Waals surface area contributed by atoms with Crippen molar-refractivity contribution < 1.29 is 14.3 Å². The average Bonchev–Trinajstić information content (AvgIpc) is 2.67. The lowest BCUT2D eigenvalue weighted by molar-refractivity contribution is -0.128. The Hall–Kier alpha value is -2.20. The van der Waals surface area contributed by atoms with Gasteiger partial charge in [0.2, 0.25) is 0 Å². The van der Waals surface area contributed by atoms with Crippen LogP contribution in [0.4, 0.5) is 0 Å². The monoisotopic (exact) mass is 417 g/mol. The lowest BCUT2D eigenvalue weighted by Gasteiger charge is -2.23. The van der Waals surface area contributed by atoms with Gasteiger partial charge in [-0.05, 0) is 85.7 Å². The van der Waals surface area contributed by atoms with E-state index in [0.717, 1.165) is 28.0 Å². The lowest BCUT2D eigenvalue weighted by atomic mass is 9.93. The molecular formula is C24H32ClNO3. The van der Waals surface area contributed by atoms with Gasteiger partial charge in [-0.15, -0.1) is 0 Å². The molecule has 0 saturated carbocycles. The number of halogens is 1. The molecule has 0 aliphatic heterocycles. The van der Waals surface area contributed by atoms with Crippen molar-refractivity contribution in [2.75, 3.05) is 7.11 Å². The van der Waals surface area contributed by atoms with Gasteiger partial charge in [0.1, 0.15) is 11.5 Å². The Kier molecular flexibility index (Phi) is 7.97. The van der Waals surface area contributed by atoms with Gasteiger partial charge < -0.3 is 14.8 Å². The highest BCUT2D eigenvalue weighted by Crippen LogP contribution is 2.32. The van der Waals surface area contributed by atoms with Crippen LogP contribution in [-0.2, 0) is 4.79 Å². The van der Waals surface area contributed by atoms with E-state index in [1.165, 1.54) is 0 Å². The summed E-state index contributed by atoms with van der Waals surface area (Å²) in [6, 6.07) is 9.46. The molecule has 0 bridgehead atoms. The summed E-state index contributed by atoms with van der Waals surface area (Å²) >= 11 is 6.08. The Morgan fingerprint density at radius 3 is 2.31 bits per heavy atom. The zero-order chi connectivity index (χ0) is 21.7. The maximum absolute atomic E-state index is 12.9. The molecule has 0 aliphatic rings. The molecule has 0 aliphatic carbocycles. The van der Waals surface area contributed by atoms with Gasteiger partial charge >= 0.3 is 0 Å². The Balaban J connectivity index is 2.17. The molecule has 2 aromatic carbocycles. The van der Waals surface area contributed by atoms with Crippen molar-refractivity contribution in [1.82, 2.24) is 5.32 Å². The van der Waals surface area contributed by atoms with Crippen LogP contribution in [0.3, 0.4) is 0 Å². The largest absolute Gasteiger partial charge is 0.496 e. The van der Waals surface area contributed by atoms with E-state index in [2.05, 4.69) is 25.2 Å². The Morgan fingerprint density at radius 1 is 1.07 bits per heavy atom. The van der Waals surface area contributed by atoms with E-state index in [9.17, 15) is 4.79 Å². The normalized spacial score (nSPS) is 13.1. The van der Waals surface area contributed by atoms with Crippen LogP contribution in [0.25, 0.3) is 0 Å². The first kappa shape index (κ1) is 23.1. The fourth-order valence-corrected chi connectivity index (χ4v) is 3.49. The number of hydrogen-bond donors (Lipinski definition) is 1. The van der Waals surface area contributed by atoms with Gasteiger partial charge in [-0.2, -0.15) is 0 Å². The van der Waals surface area contributed by atoms with E-state index in [1.807, 2.05) is 39.8 Å². The predicted molar refractivity (Wildman–Crippen MR) is 119 cm³/mol. The summed E-state index contributed by atoms with van der Waals surface area (Å²) in [7, 11) is 1.69. The molecule has 2 aromatic rings. The summed E-state index contributed by atoms with van der Waals surface area (Å²) in [6.07, 6.45) is 0.000138. The standard InChI is InChI=1S/C24H32ClNO3/c1-8-22(29-18-9-10-21(25)16(5)11-18)24(27)26-17(6)20-13-19(14(2)3)23(28-7)12-15(20)4/h9-14,17,22H,8H2,1-7H3,(H,26,27)/t17-,22-/m0/s1. The first-order valence-corrected chi connectivity index (χ1v) is 10.5. The molecule has 0 radical (unpaired) electrons. The summed E-state index contributed by atoms with van der Waals surface area (Å²) in [6.45, 7) is 12.2. The highest BCUT2D eigenvalue weighted by molar-refractivity contribution is 6.31. The van der Waals surface area contributed by atoms with E-state index in [0.29, 0.717) is 23.1 Å². The second-order valence-corrected chi connectivity index (χ2v) is 8.17. The third kappa shape index (κ3) is 5.66. The van der Waals surface area contributed by atoms with Crippen molar-refractivity contribution >= 4 is 17.5 Å². The Morgan fingerprint density at radius 2 is 1.76 bits per heavy atom. The molecule has 0 saturated heterocycles. The van der Waals surface area contributed by atoms with E-state index >= 15 is 0 Å². The van der Waals surface area contributed by atoms with E-state index in [-0.39, 0.29) is 11.9 Å². The molecule has 0 unspecified atom stereocenters. The van der Waals surface area contributed by atoms with Crippen LogP contribution in [0.1, 0.15) is 68.3 Å². The van der Waals surface area contributed by atoms with Crippen LogP contribution in [-0.4, -0.2) is 19.1 Å². The highest BCUT2D eigenvalue weighted by atomic mass is 35.5. The fraction of sp³-hybridized carbons (Fsp3) is 0.458. The van der Waals surface area contributed by atoms with Crippen LogP contribution in [0, 0.1) is 13.8 Å². The summed E-state index contributed by atoms with van der Waals surface area (Å²) < 4.78 is 11.5. The summed E-state index contributed by atoms with van der Waals surface area (Å²) in [4.78, 5) is 12.9. The van der Waals surface area contributed by atoms with Crippen LogP contribution in [0.5, 0.6) is 11.5 Å². The number of nitrogens with one attached hydrogen (secondary N) is 1. The van der Waals surface area contributed by atoms with Crippen molar-refractivity contribution in [3.8, 4) is 11.5 Å². The number of rotatable bonds is 8. The number of amides is 1. The number of aryl methyl sites for hydroxylation is 2. The molecule has 29 heavy (non-hydrogen) atoms. The third-order valence-electron chi connectivity index (χ3n) is 5.14. The smallest absolute Gasteiger partial charge is 0.261 e. The van der Waals surface area contributed by atoms with Gasteiger partial charge in [0.05, 0.1) is 13.2 Å². The number of carbonyl (C=O) groups excluding carboxylic acids is 1. The van der Waals surface area contributed by atoms with Crippen LogP contribution in [0.15, 0.2) is 30.3 Å². The molecule has 0 fully saturated rings. The quantitative estimate of drug-likeness (QED) is 0.562. The van der Waals surface area contributed by atoms with E-state index in [4.69, 9.17) is 21.1 Å². The topological polar surface area (TPSA) is 47.6 Å². The van der Waals surface area contributed by atoms with Crippen molar-refractivity contribution in [2.24, 2.45) is 0 Å². The first-order chi connectivity index (χ1) is 13.7. The minimum atomic E-state index is -0.568. The molecule has 2 atom stereocenters. The van der Waals surface area contributed by atoms with Crippen molar-refractivity contribution in [1.29, 1.82) is 0 Å². The highest BCUT2D eigenvalue weighted by Gasteiger charge is 2.22. The number of ether oxygens (including phenoxy) is 2. The average molecular weight is 418 g/mol. The van der Waals surface area contributed by atoms with Gasteiger partial charge in [0.25, 0.3) is 5.91 Å². The molecule has 1 N–H and O–H groups in total. The van der Waals surface area contributed by atoms with Crippen LogP contribution >= 0.6 is 11.6 Å². The molecule has 158 valence electrons. The van der Waals surface area contributed by atoms with E-state index in [1.54, 1.807) is 19.2 Å². The first-order valence-electron chi connectivity index (χ1n) is 10.1. The molecule has 4 nitrogen and oxygen atoms in total. The molecule has 0 heterocycles. The molecule has 0 aromatic heterocycles. The van der Waals surface area contributed by atoms with Gasteiger partial charge in [-0.1, -0.05) is 32.4 Å². The number of carbonyl (C=O) groups is 1. The second-order valence-electron chi connectivity index (χ2n) is 7.76. The van der Waals surface area contributed by atoms with Crippen molar-refractivity contribution in [2.45, 2.75) is 66.0 Å². The molecular weight excluding hydrogens is 386 g/mol. The maximum atomic E-state index is 12.9. The van der Waals surface area contributed by atoms with E-state index < -0.39 is 6.10 Å². The molecule has 1 amide bonds. The van der Waals surface area contributed by atoms with Crippen LogP contribution in [0.2, 0.25) is 5.02 Å². The van der Waals surface area contributed by atoms with Crippen molar-refractivity contribution in [3.63, 3.8) is 0 Å². The zero-order valence-corrected chi connectivity index (χ0v) is 19.2. The number of hydrogen-bond acceptors (Lipinski definition) is 3. The van der Waals surface area contributed by atoms with Gasteiger partial charge in [-0.3, -0.25) is 4.79 Å². The maximum Gasteiger partial charge on any atom is 0.261 e. The van der Waals surface area contributed by atoms with Crippen molar-refractivity contribution in [3.05, 3.63) is 57.6 Å². The molecule has 2 rings (SSSR count). The summed E-state index contributed by atoms with van der Waals surface area (Å²) in [5, 5.41) is 3.79. The Labute approximate surface area is 179 Å². The third-order valence-corrected chi connectivity index (χ3v) is 5.56. The molecule has 0 spiro atoms. The van der Waals surface area contributed by atoms with Gasteiger partial charge in [0.15, 0.2) is 6.10 Å². The van der Waals surface area contributed by atoms with Gasteiger partial charge in [0, 0.05) is 5.02 Å². The number of benzene rings is 2. The zero-order valence-electron chi connectivity index (χ0n) is 18.4. The summed E-state index contributed by atoms with van der Waals surface area (Å²) in [5.41, 5.74) is 4.22. The lowest BCUT2D eigenvalue weighted by Crippen LogP contribution is -2.39. The SMILES string of the molecule is CC[C@H](Oc1ccc(Cl)c(C)c1)C(=O)N[C@@H](C)c1cc(C(C)C)c(OC)cc1C. The number of methoxy groups -OCH3 is 1. The minimum absolute atomic E-state index is 0.131. The van der Waals surface area contributed by atoms with Crippen LogP contribution < -0.4 is 14.8 Å². The Bertz CT molecular complexity index is 863. The predicted octanol–water partition coefficient (Wildman–Crippen LogP) is 6.12.